The van der Waals surface area contributed by atoms with Gasteiger partial charge in [-0.25, -0.2) is 0 Å². The topological polar surface area (TPSA) is 18.5 Å². The van der Waals surface area contributed by atoms with Gasteiger partial charge in [-0.15, -0.1) is 0 Å². The first kappa shape index (κ1) is 19.8. The van der Waals surface area contributed by atoms with E-state index in [1.165, 1.54) is 12.1 Å². The molecular formula is C16H20BF3O2S2. The maximum absolute atomic E-state index is 12.5. The standard InChI is InChI=1S/C16H20BF3O2S2/c1-14(2)15(3,4)22-17(21-14)12(10-23)8-11-6-5-7-13(9-11)24-16(18,19)20/h5-9,23H,10H2,1-4H3. The number of hydrogen-bond acceptors (Lipinski definition) is 4. The third kappa shape index (κ3) is 4.74. The lowest BCUT2D eigenvalue weighted by molar-refractivity contribution is -0.0328. The maximum Gasteiger partial charge on any atom is 0.491 e. The molecule has 1 aliphatic heterocycles. The first-order valence-corrected chi connectivity index (χ1v) is 8.91. The molecule has 0 aromatic heterocycles. The van der Waals surface area contributed by atoms with Gasteiger partial charge >= 0.3 is 12.6 Å². The summed E-state index contributed by atoms with van der Waals surface area (Å²) < 4.78 is 49.5. The van der Waals surface area contributed by atoms with Crippen molar-refractivity contribution in [2.45, 2.75) is 49.3 Å². The van der Waals surface area contributed by atoms with Gasteiger partial charge in [-0.2, -0.15) is 25.8 Å². The van der Waals surface area contributed by atoms with Gasteiger partial charge in [-0.1, -0.05) is 18.2 Å². The van der Waals surface area contributed by atoms with Crippen molar-refractivity contribution in [2.75, 3.05) is 5.75 Å². The molecule has 24 heavy (non-hydrogen) atoms. The van der Waals surface area contributed by atoms with Gasteiger partial charge in [0.1, 0.15) is 0 Å². The van der Waals surface area contributed by atoms with Crippen LogP contribution in [-0.4, -0.2) is 29.6 Å². The molecule has 132 valence electrons. The van der Waals surface area contributed by atoms with Gasteiger partial charge in [0.15, 0.2) is 0 Å². The lowest BCUT2D eigenvalue weighted by atomic mass is 9.78. The fraction of sp³-hybridized carbons (Fsp3) is 0.500. The van der Waals surface area contributed by atoms with Crippen molar-refractivity contribution < 1.29 is 22.5 Å². The Morgan fingerprint density at radius 1 is 1.21 bits per heavy atom. The quantitative estimate of drug-likeness (QED) is 0.440. The van der Waals surface area contributed by atoms with Crippen molar-refractivity contribution in [2.24, 2.45) is 0 Å². The Kier molecular flexibility index (Phi) is 5.74. The van der Waals surface area contributed by atoms with Crippen LogP contribution in [0.15, 0.2) is 34.6 Å². The molecule has 8 heteroatoms. The molecule has 0 aliphatic carbocycles. The molecule has 1 saturated heterocycles. The predicted octanol–water partition coefficient (Wildman–Crippen LogP) is 5.24. The van der Waals surface area contributed by atoms with Gasteiger partial charge in [0.05, 0.1) is 11.2 Å². The average Bonchev–Trinajstić information content (AvgIpc) is 2.63. The summed E-state index contributed by atoms with van der Waals surface area (Å²) >= 11 is 4.19. The summed E-state index contributed by atoms with van der Waals surface area (Å²) in [4.78, 5) is 0.142. The minimum atomic E-state index is -4.31. The molecule has 1 aliphatic rings. The number of hydrogen-bond donors (Lipinski definition) is 1. The van der Waals surface area contributed by atoms with Crippen LogP contribution in [0, 0.1) is 0 Å². The molecule has 1 aromatic carbocycles. The Labute approximate surface area is 150 Å². The molecule has 2 nitrogen and oxygen atoms in total. The zero-order chi connectivity index (χ0) is 18.2. The predicted molar refractivity (Wildman–Crippen MR) is 96.3 cm³/mol. The number of halogens is 3. The average molecular weight is 376 g/mol. The van der Waals surface area contributed by atoms with Crippen molar-refractivity contribution >= 4 is 37.6 Å². The minimum absolute atomic E-state index is 0.130. The van der Waals surface area contributed by atoms with Crippen LogP contribution < -0.4 is 0 Å². The Morgan fingerprint density at radius 2 is 1.79 bits per heavy atom. The molecule has 1 heterocycles. The monoisotopic (exact) mass is 376 g/mol. The highest BCUT2D eigenvalue weighted by molar-refractivity contribution is 8.00. The summed E-state index contributed by atoms with van der Waals surface area (Å²) in [6.07, 6.45) is 1.77. The first-order valence-electron chi connectivity index (χ1n) is 7.46. The van der Waals surface area contributed by atoms with Crippen LogP contribution in [0.2, 0.25) is 0 Å². The van der Waals surface area contributed by atoms with E-state index < -0.39 is 23.8 Å². The van der Waals surface area contributed by atoms with Crippen LogP contribution in [0.5, 0.6) is 0 Å². The number of benzene rings is 1. The first-order chi connectivity index (χ1) is 10.9. The number of thiol groups is 1. The molecule has 0 spiro atoms. The SMILES string of the molecule is CC1(C)OB(C(=Cc2cccc(SC(F)(F)F)c2)CS)OC1(C)C. The summed E-state index contributed by atoms with van der Waals surface area (Å²) in [5.74, 6) is 0.382. The molecule has 0 radical (unpaired) electrons. The van der Waals surface area contributed by atoms with Gasteiger partial charge in [0, 0.05) is 10.6 Å². The second-order valence-corrected chi connectivity index (χ2v) is 8.04. The van der Waals surface area contributed by atoms with Crippen LogP contribution in [0.4, 0.5) is 13.2 Å². The molecule has 0 unspecified atom stereocenters. The van der Waals surface area contributed by atoms with Gasteiger partial charge in [0.25, 0.3) is 0 Å². The van der Waals surface area contributed by atoms with Gasteiger partial charge in [0.2, 0.25) is 0 Å². The molecule has 1 fully saturated rings. The van der Waals surface area contributed by atoms with Gasteiger partial charge in [-0.3, -0.25) is 0 Å². The number of rotatable bonds is 4. The van der Waals surface area contributed by atoms with Crippen LogP contribution in [0.25, 0.3) is 6.08 Å². The smallest absolute Gasteiger partial charge is 0.400 e. The Hall–Kier alpha value is -0.565. The molecule has 0 amide bonds. The van der Waals surface area contributed by atoms with Gasteiger partial charge < -0.3 is 9.31 Å². The van der Waals surface area contributed by atoms with Crippen LogP contribution in [0.1, 0.15) is 33.3 Å². The largest absolute Gasteiger partial charge is 0.491 e. The second kappa shape index (κ2) is 6.98. The van der Waals surface area contributed by atoms with E-state index in [1.807, 2.05) is 27.7 Å². The summed E-state index contributed by atoms with van der Waals surface area (Å²) in [6.45, 7) is 7.79. The minimum Gasteiger partial charge on any atom is -0.400 e. The van der Waals surface area contributed by atoms with E-state index in [0.717, 1.165) is 5.47 Å². The maximum atomic E-state index is 12.5. The Balaban J connectivity index is 2.24. The fourth-order valence-corrected chi connectivity index (χ4v) is 3.05. The van der Waals surface area contributed by atoms with Crippen LogP contribution in [-0.2, 0) is 9.31 Å². The zero-order valence-corrected chi connectivity index (χ0v) is 15.7. The number of thioether (sulfide) groups is 1. The summed E-state index contributed by atoms with van der Waals surface area (Å²) in [7, 11) is -0.563. The number of alkyl halides is 3. The van der Waals surface area contributed by atoms with E-state index in [-0.39, 0.29) is 16.7 Å². The Bertz CT molecular complexity index is 614. The van der Waals surface area contributed by atoms with Crippen molar-refractivity contribution in [1.82, 2.24) is 0 Å². The summed E-state index contributed by atoms with van der Waals surface area (Å²) in [5.41, 5.74) is -3.84. The zero-order valence-electron chi connectivity index (χ0n) is 14.0. The van der Waals surface area contributed by atoms with E-state index in [0.29, 0.717) is 11.3 Å². The van der Waals surface area contributed by atoms with E-state index in [2.05, 4.69) is 12.6 Å². The molecule has 0 bridgehead atoms. The van der Waals surface area contributed by atoms with Gasteiger partial charge in [-0.05, 0) is 62.6 Å². The second-order valence-electron chi connectivity index (χ2n) is 6.59. The van der Waals surface area contributed by atoms with E-state index in [1.54, 1.807) is 18.2 Å². The van der Waals surface area contributed by atoms with Crippen molar-refractivity contribution in [3.8, 4) is 0 Å². The summed E-state index contributed by atoms with van der Waals surface area (Å²) in [5, 5.41) is 0. The van der Waals surface area contributed by atoms with Crippen molar-refractivity contribution in [1.29, 1.82) is 0 Å². The van der Waals surface area contributed by atoms with Crippen LogP contribution in [0.3, 0.4) is 0 Å². The molecule has 0 atom stereocenters. The molecular weight excluding hydrogens is 356 g/mol. The third-order valence-corrected chi connectivity index (χ3v) is 5.27. The molecule has 2 rings (SSSR count). The van der Waals surface area contributed by atoms with E-state index in [4.69, 9.17) is 9.31 Å². The summed E-state index contributed by atoms with van der Waals surface area (Å²) in [6, 6.07) is 6.27. The van der Waals surface area contributed by atoms with E-state index >= 15 is 0 Å². The van der Waals surface area contributed by atoms with Crippen LogP contribution >= 0.6 is 24.4 Å². The van der Waals surface area contributed by atoms with Crippen molar-refractivity contribution in [3.63, 3.8) is 0 Å². The molecule has 1 aromatic rings. The van der Waals surface area contributed by atoms with E-state index in [9.17, 15) is 13.2 Å². The normalized spacial score (nSPS) is 20.5. The highest BCUT2D eigenvalue weighted by atomic mass is 32.2. The lowest BCUT2D eigenvalue weighted by Gasteiger charge is -2.32. The molecule has 0 saturated carbocycles. The highest BCUT2D eigenvalue weighted by Gasteiger charge is 2.52. The van der Waals surface area contributed by atoms with Crippen molar-refractivity contribution in [3.05, 3.63) is 35.3 Å². The highest BCUT2D eigenvalue weighted by Crippen LogP contribution is 2.40. The molecule has 0 N–H and O–H groups in total. The Morgan fingerprint density at radius 3 is 2.29 bits per heavy atom. The fourth-order valence-electron chi connectivity index (χ4n) is 2.20. The lowest BCUT2D eigenvalue weighted by Crippen LogP contribution is -2.41. The third-order valence-electron chi connectivity index (χ3n) is 4.18.